The summed E-state index contributed by atoms with van der Waals surface area (Å²) in [5.74, 6) is 2.30. The van der Waals surface area contributed by atoms with Gasteiger partial charge in [-0.25, -0.2) is 0 Å². The Morgan fingerprint density at radius 3 is 2.69 bits per heavy atom. The van der Waals surface area contributed by atoms with Crippen molar-refractivity contribution in [3.05, 3.63) is 23.7 Å². The number of rotatable bonds is 5. The molecule has 90 valence electrons. The average molecular weight is 225 g/mol. The van der Waals surface area contributed by atoms with E-state index in [1.54, 1.807) is 0 Å². The van der Waals surface area contributed by atoms with Crippen LogP contribution in [0, 0.1) is 5.92 Å². The van der Waals surface area contributed by atoms with Crippen molar-refractivity contribution < 1.29 is 13.9 Å². The fraction of sp³-hybridized carbons (Fsp3) is 0.667. The summed E-state index contributed by atoms with van der Waals surface area (Å²) >= 11 is 0. The van der Waals surface area contributed by atoms with Gasteiger partial charge in [-0.15, -0.1) is 0 Å². The zero-order valence-corrected chi connectivity index (χ0v) is 9.48. The number of nitrogens with two attached hydrogens (primary N) is 1. The highest BCUT2D eigenvalue weighted by Crippen LogP contribution is 2.16. The highest BCUT2D eigenvalue weighted by molar-refractivity contribution is 5.05. The van der Waals surface area contributed by atoms with Crippen LogP contribution < -0.4 is 5.73 Å². The predicted molar refractivity (Wildman–Crippen MR) is 59.8 cm³/mol. The van der Waals surface area contributed by atoms with Crippen molar-refractivity contribution in [1.29, 1.82) is 0 Å². The molecule has 16 heavy (non-hydrogen) atoms. The second kappa shape index (κ2) is 6.03. The first-order chi connectivity index (χ1) is 7.88. The normalized spacial score (nSPS) is 17.8. The third-order valence-corrected chi connectivity index (χ3v) is 2.86. The van der Waals surface area contributed by atoms with Gasteiger partial charge in [0, 0.05) is 13.2 Å². The van der Waals surface area contributed by atoms with Gasteiger partial charge in [0.1, 0.15) is 18.1 Å². The summed E-state index contributed by atoms with van der Waals surface area (Å²) in [4.78, 5) is 0. The van der Waals surface area contributed by atoms with Crippen molar-refractivity contribution in [2.24, 2.45) is 11.7 Å². The first kappa shape index (κ1) is 11.6. The van der Waals surface area contributed by atoms with Crippen LogP contribution in [0.1, 0.15) is 24.4 Å². The molecule has 1 aromatic rings. The Kier molecular flexibility index (Phi) is 4.39. The van der Waals surface area contributed by atoms with Crippen LogP contribution >= 0.6 is 0 Å². The molecule has 0 aliphatic carbocycles. The maximum absolute atomic E-state index is 5.63. The molecule has 0 spiro atoms. The van der Waals surface area contributed by atoms with Gasteiger partial charge in [0.05, 0.1) is 13.2 Å². The second-order valence-electron chi connectivity index (χ2n) is 4.14. The van der Waals surface area contributed by atoms with Crippen molar-refractivity contribution >= 4 is 0 Å². The first-order valence-electron chi connectivity index (χ1n) is 5.81. The fourth-order valence-electron chi connectivity index (χ4n) is 1.85. The van der Waals surface area contributed by atoms with Gasteiger partial charge in [-0.3, -0.25) is 0 Å². The highest BCUT2D eigenvalue weighted by atomic mass is 16.5. The van der Waals surface area contributed by atoms with Gasteiger partial charge in [-0.05, 0) is 30.9 Å². The second-order valence-corrected chi connectivity index (χ2v) is 4.14. The van der Waals surface area contributed by atoms with Crippen LogP contribution in [0.25, 0.3) is 0 Å². The first-order valence-corrected chi connectivity index (χ1v) is 5.81. The topological polar surface area (TPSA) is 57.6 Å². The summed E-state index contributed by atoms with van der Waals surface area (Å²) in [7, 11) is 0. The Balaban J connectivity index is 1.66. The summed E-state index contributed by atoms with van der Waals surface area (Å²) in [6, 6.07) is 3.82. The fourth-order valence-corrected chi connectivity index (χ4v) is 1.85. The monoisotopic (exact) mass is 225 g/mol. The molecule has 0 bridgehead atoms. The van der Waals surface area contributed by atoms with Crippen LogP contribution in [-0.2, 0) is 22.6 Å². The Hall–Kier alpha value is -0.840. The molecule has 2 N–H and O–H groups in total. The molecule has 1 aliphatic heterocycles. The lowest BCUT2D eigenvalue weighted by Gasteiger charge is -2.21. The third-order valence-electron chi connectivity index (χ3n) is 2.86. The van der Waals surface area contributed by atoms with E-state index in [1.165, 1.54) is 0 Å². The smallest absolute Gasteiger partial charge is 0.129 e. The predicted octanol–water partition coefficient (Wildman–Crippen LogP) is 1.68. The summed E-state index contributed by atoms with van der Waals surface area (Å²) in [6.07, 6.45) is 2.21. The molecule has 0 amide bonds. The van der Waals surface area contributed by atoms with Crippen LogP contribution in [0.2, 0.25) is 0 Å². The summed E-state index contributed by atoms with van der Waals surface area (Å²) < 4.78 is 16.4. The lowest BCUT2D eigenvalue weighted by Crippen LogP contribution is -2.20. The zero-order valence-electron chi connectivity index (χ0n) is 9.48. The molecule has 0 radical (unpaired) electrons. The van der Waals surface area contributed by atoms with Gasteiger partial charge in [0.15, 0.2) is 0 Å². The van der Waals surface area contributed by atoms with E-state index in [0.717, 1.165) is 44.2 Å². The van der Waals surface area contributed by atoms with E-state index in [4.69, 9.17) is 19.6 Å². The van der Waals surface area contributed by atoms with Crippen molar-refractivity contribution in [3.63, 3.8) is 0 Å². The van der Waals surface area contributed by atoms with Crippen molar-refractivity contribution in [2.75, 3.05) is 19.8 Å². The Bertz CT molecular complexity index is 305. The molecule has 1 aromatic heterocycles. The molecule has 4 nitrogen and oxygen atoms in total. The van der Waals surface area contributed by atoms with E-state index in [2.05, 4.69) is 0 Å². The van der Waals surface area contributed by atoms with Crippen LogP contribution in [-0.4, -0.2) is 19.8 Å². The van der Waals surface area contributed by atoms with Crippen LogP contribution in [0.3, 0.4) is 0 Å². The largest absolute Gasteiger partial charge is 0.462 e. The molecule has 2 heterocycles. The van der Waals surface area contributed by atoms with Gasteiger partial charge in [-0.1, -0.05) is 0 Å². The van der Waals surface area contributed by atoms with Gasteiger partial charge < -0.3 is 19.6 Å². The molecule has 1 aliphatic rings. The average Bonchev–Trinajstić information content (AvgIpc) is 2.78. The Morgan fingerprint density at radius 1 is 1.25 bits per heavy atom. The highest BCUT2D eigenvalue weighted by Gasteiger charge is 2.13. The van der Waals surface area contributed by atoms with E-state index >= 15 is 0 Å². The van der Waals surface area contributed by atoms with Gasteiger partial charge in [0.25, 0.3) is 0 Å². The standard InChI is InChI=1S/C12H19NO3/c13-7-11-1-2-12(16-11)9-15-8-10-3-5-14-6-4-10/h1-2,10H,3-9,13H2. The zero-order chi connectivity index (χ0) is 11.2. The third kappa shape index (κ3) is 3.33. The molecular weight excluding hydrogens is 206 g/mol. The number of hydrogen-bond donors (Lipinski definition) is 1. The summed E-state index contributed by atoms with van der Waals surface area (Å²) in [5.41, 5.74) is 5.46. The van der Waals surface area contributed by atoms with Crippen LogP contribution in [0.4, 0.5) is 0 Å². The molecule has 2 rings (SSSR count). The molecule has 0 saturated carbocycles. The van der Waals surface area contributed by atoms with Crippen molar-refractivity contribution in [1.82, 2.24) is 0 Å². The minimum Gasteiger partial charge on any atom is -0.462 e. The maximum Gasteiger partial charge on any atom is 0.129 e. The number of furan rings is 1. The van der Waals surface area contributed by atoms with Crippen LogP contribution in [0.15, 0.2) is 16.5 Å². The molecule has 1 saturated heterocycles. The van der Waals surface area contributed by atoms with E-state index in [0.29, 0.717) is 19.1 Å². The Labute approximate surface area is 95.7 Å². The molecule has 0 atom stereocenters. The lowest BCUT2D eigenvalue weighted by molar-refractivity contribution is 0.0118. The van der Waals surface area contributed by atoms with Crippen molar-refractivity contribution in [3.8, 4) is 0 Å². The molecule has 4 heteroatoms. The molecular formula is C12H19NO3. The SMILES string of the molecule is NCc1ccc(COCC2CCOCC2)o1. The molecule has 0 unspecified atom stereocenters. The summed E-state index contributed by atoms with van der Waals surface area (Å²) in [6.45, 7) is 3.51. The number of ether oxygens (including phenoxy) is 2. The van der Waals surface area contributed by atoms with Crippen molar-refractivity contribution in [2.45, 2.75) is 26.0 Å². The minimum atomic E-state index is 0.444. The lowest BCUT2D eigenvalue weighted by atomic mass is 10.0. The minimum absolute atomic E-state index is 0.444. The van der Waals surface area contributed by atoms with Gasteiger partial charge in [0.2, 0.25) is 0 Å². The van der Waals surface area contributed by atoms with E-state index in [1.807, 2.05) is 12.1 Å². The summed E-state index contributed by atoms with van der Waals surface area (Å²) in [5, 5.41) is 0. The van der Waals surface area contributed by atoms with Gasteiger partial charge in [-0.2, -0.15) is 0 Å². The van der Waals surface area contributed by atoms with E-state index in [9.17, 15) is 0 Å². The van der Waals surface area contributed by atoms with Crippen LogP contribution in [0.5, 0.6) is 0 Å². The maximum atomic E-state index is 5.63. The Morgan fingerprint density at radius 2 is 2.00 bits per heavy atom. The van der Waals surface area contributed by atoms with E-state index in [-0.39, 0.29) is 0 Å². The van der Waals surface area contributed by atoms with E-state index < -0.39 is 0 Å². The quantitative estimate of drug-likeness (QED) is 0.828. The van der Waals surface area contributed by atoms with Gasteiger partial charge >= 0.3 is 0 Å². The molecule has 1 fully saturated rings. The molecule has 0 aromatic carbocycles. The number of hydrogen-bond acceptors (Lipinski definition) is 4.